The Morgan fingerprint density at radius 3 is 2.67 bits per heavy atom. The molecule has 1 unspecified atom stereocenters. The van der Waals surface area contributed by atoms with Crippen LogP contribution in [0.5, 0.6) is 0 Å². The lowest BCUT2D eigenvalue weighted by Gasteiger charge is -2.24. The number of hydrogen-bond donors (Lipinski definition) is 0. The minimum Gasteiger partial charge on any atom is -0.468 e. The molecule has 0 aromatic heterocycles. The molecular weight excluding hydrogens is 276 g/mol. The maximum atomic E-state index is 12.5. The van der Waals surface area contributed by atoms with Gasteiger partial charge in [0.2, 0.25) is 11.8 Å². The van der Waals surface area contributed by atoms with Gasteiger partial charge in [0.05, 0.1) is 19.6 Å². The summed E-state index contributed by atoms with van der Waals surface area (Å²) in [4.78, 5) is 38.8. The number of carbonyl (C=O) groups is 3. The largest absolute Gasteiger partial charge is 0.468 e. The highest BCUT2D eigenvalue weighted by atomic mass is 16.5. The van der Waals surface area contributed by atoms with Crippen molar-refractivity contribution in [1.29, 1.82) is 0 Å². The molecule has 2 amide bonds. The Bertz CT molecular complexity index is 386. The molecule has 0 spiro atoms. The third-order valence-corrected chi connectivity index (χ3v) is 3.48. The summed E-state index contributed by atoms with van der Waals surface area (Å²) in [6.07, 6.45) is 0.945. The van der Waals surface area contributed by atoms with Crippen molar-refractivity contribution in [3.8, 4) is 0 Å². The highest BCUT2D eigenvalue weighted by Gasteiger charge is 2.36. The van der Waals surface area contributed by atoms with Gasteiger partial charge >= 0.3 is 5.97 Å². The molecule has 0 bridgehead atoms. The Morgan fingerprint density at radius 1 is 1.38 bits per heavy atom. The van der Waals surface area contributed by atoms with Crippen LogP contribution < -0.4 is 0 Å². The fourth-order valence-corrected chi connectivity index (χ4v) is 2.37. The van der Waals surface area contributed by atoms with Crippen molar-refractivity contribution in [1.82, 2.24) is 9.80 Å². The summed E-state index contributed by atoms with van der Waals surface area (Å²) in [7, 11) is 2.87. The second-order valence-electron chi connectivity index (χ2n) is 5.07. The zero-order valence-electron chi connectivity index (χ0n) is 13.0. The molecule has 7 heteroatoms. The first-order valence-corrected chi connectivity index (χ1v) is 7.15. The number of amides is 2. The van der Waals surface area contributed by atoms with Crippen molar-refractivity contribution in [3.63, 3.8) is 0 Å². The fraction of sp³-hybridized carbons (Fsp3) is 0.786. The van der Waals surface area contributed by atoms with E-state index < -0.39 is 5.97 Å². The number of carbonyl (C=O) groups excluding carboxylic acids is 3. The van der Waals surface area contributed by atoms with Crippen molar-refractivity contribution in [3.05, 3.63) is 0 Å². The van der Waals surface area contributed by atoms with Crippen LogP contribution in [0.3, 0.4) is 0 Å². The van der Waals surface area contributed by atoms with E-state index in [-0.39, 0.29) is 30.7 Å². The normalized spacial score (nSPS) is 18.0. The van der Waals surface area contributed by atoms with Gasteiger partial charge in [-0.1, -0.05) is 6.92 Å². The van der Waals surface area contributed by atoms with Crippen LogP contribution >= 0.6 is 0 Å². The van der Waals surface area contributed by atoms with E-state index in [2.05, 4.69) is 4.74 Å². The number of methoxy groups -OCH3 is 2. The molecule has 0 aromatic rings. The van der Waals surface area contributed by atoms with Crippen LogP contribution in [0.4, 0.5) is 0 Å². The summed E-state index contributed by atoms with van der Waals surface area (Å²) in [5, 5.41) is 0. The Labute approximate surface area is 125 Å². The molecule has 0 N–H and O–H groups in total. The monoisotopic (exact) mass is 300 g/mol. The molecular formula is C14H24N2O5. The first-order chi connectivity index (χ1) is 10.0. The lowest BCUT2D eigenvalue weighted by molar-refractivity contribution is -0.148. The lowest BCUT2D eigenvalue weighted by Crippen LogP contribution is -2.41. The zero-order chi connectivity index (χ0) is 15.8. The third kappa shape index (κ3) is 5.00. The molecule has 120 valence electrons. The summed E-state index contributed by atoms with van der Waals surface area (Å²) in [6.45, 7) is 3.69. The number of likely N-dealkylation sites (tertiary alicyclic amines) is 1. The molecule has 0 aromatic carbocycles. The van der Waals surface area contributed by atoms with Gasteiger partial charge in [0.25, 0.3) is 0 Å². The molecule has 21 heavy (non-hydrogen) atoms. The summed E-state index contributed by atoms with van der Waals surface area (Å²) in [5.41, 5.74) is 0. The molecule has 1 saturated heterocycles. The SMILES string of the molecule is CCCN(CC(=O)OC)C(=O)C1CC(=O)N(CCOC)C1. The summed E-state index contributed by atoms with van der Waals surface area (Å²) < 4.78 is 9.56. The van der Waals surface area contributed by atoms with Crippen LogP contribution in [0.15, 0.2) is 0 Å². The predicted molar refractivity (Wildman–Crippen MR) is 75.5 cm³/mol. The van der Waals surface area contributed by atoms with Crippen molar-refractivity contribution in [2.24, 2.45) is 5.92 Å². The van der Waals surface area contributed by atoms with Gasteiger partial charge in [0.15, 0.2) is 0 Å². The van der Waals surface area contributed by atoms with Gasteiger partial charge in [0, 0.05) is 33.2 Å². The van der Waals surface area contributed by atoms with Gasteiger partial charge in [-0.15, -0.1) is 0 Å². The van der Waals surface area contributed by atoms with E-state index in [1.165, 1.54) is 12.0 Å². The summed E-state index contributed by atoms with van der Waals surface area (Å²) in [6, 6.07) is 0. The van der Waals surface area contributed by atoms with E-state index in [1.807, 2.05) is 6.92 Å². The minimum atomic E-state index is -0.447. The van der Waals surface area contributed by atoms with Gasteiger partial charge in [-0.3, -0.25) is 14.4 Å². The highest BCUT2D eigenvalue weighted by molar-refractivity contribution is 5.90. The van der Waals surface area contributed by atoms with Crippen molar-refractivity contribution in [2.45, 2.75) is 19.8 Å². The van der Waals surface area contributed by atoms with Crippen LogP contribution in [0.1, 0.15) is 19.8 Å². The molecule has 1 atom stereocenters. The van der Waals surface area contributed by atoms with Crippen LogP contribution in [-0.4, -0.2) is 74.6 Å². The molecule has 1 aliphatic rings. The average molecular weight is 300 g/mol. The predicted octanol–water partition coefficient (Wildman–Crippen LogP) is -0.107. The zero-order valence-corrected chi connectivity index (χ0v) is 13.0. The summed E-state index contributed by atoms with van der Waals surface area (Å²) >= 11 is 0. The smallest absolute Gasteiger partial charge is 0.325 e. The number of rotatable bonds is 8. The van der Waals surface area contributed by atoms with Crippen LogP contribution in [-0.2, 0) is 23.9 Å². The molecule has 7 nitrogen and oxygen atoms in total. The van der Waals surface area contributed by atoms with E-state index >= 15 is 0 Å². The Balaban J connectivity index is 2.63. The topological polar surface area (TPSA) is 76.2 Å². The molecule has 1 rings (SSSR count). The van der Waals surface area contributed by atoms with Crippen molar-refractivity contribution in [2.75, 3.05) is 47.0 Å². The molecule has 0 aliphatic carbocycles. The molecule has 1 fully saturated rings. The van der Waals surface area contributed by atoms with Gasteiger partial charge in [-0.05, 0) is 6.42 Å². The van der Waals surface area contributed by atoms with E-state index in [9.17, 15) is 14.4 Å². The molecule has 1 aliphatic heterocycles. The van der Waals surface area contributed by atoms with Gasteiger partial charge in [-0.25, -0.2) is 0 Å². The van der Waals surface area contributed by atoms with Crippen LogP contribution in [0.25, 0.3) is 0 Å². The first kappa shape index (κ1) is 17.4. The standard InChI is InChI=1S/C14H24N2O5/c1-4-5-16(10-13(18)21-3)14(19)11-8-12(17)15(9-11)6-7-20-2/h11H,4-10H2,1-3H3. The Kier molecular flexibility index (Phi) is 7.14. The summed E-state index contributed by atoms with van der Waals surface area (Å²) in [5.74, 6) is -1.03. The van der Waals surface area contributed by atoms with Crippen LogP contribution in [0.2, 0.25) is 0 Å². The Morgan fingerprint density at radius 2 is 2.10 bits per heavy atom. The average Bonchev–Trinajstić information content (AvgIpc) is 2.84. The maximum absolute atomic E-state index is 12.5. The van der Waals surface area contributed by atoms with E-state index in [0.29, 0.717) is 26.2 Å². The second-order valence-corrected chi connectivity index (χ2v) is 5.07. The quantitative estimate of drug-likeness (QED) is 0.585. The maximum Gasteiger partial charge on any atom is 0.325 e. The van der Waals surface area contributed by atoms with Crippen molar-refractivity contribution < 1.29 is 23.9 Å². The highest BCUT2D eigenvalue weighted by Crippen LogP contribution is 2.20. The molecule has 0 saturated carbocycles. The van der Waals surface area contributed by atoms with Crippen LogP contribution in [0, 0.1) is 5.92 Å². The molecule has 1 heterocycles. The lowest BCUT2D eigenvalue weighted by atomic mass is 10.1. The fourth-order valence-electron chi connectivity index (χ4n) is 2.37. The van der Waals surface area contributed by atoms with Crippen molar-refractivity contribution >= 4 is 17.8 Å². The van der Waals surface area contributed by atoms with Gasteiger partial charge in [-0.2, -0.15) is 0 Å². The minimum absolute atomic E-state index is 0.0417. The van der Waals surface area contributed by atoms with Gasteiger partial charge < -0.3 is 19.3 Å². The van der Waals surface area contributed by atoms with E-state index in [0.717, 1.165) is 6.42 Å². The van der Waals surface area contributed by atoms with Gasteiger partial charge in [0.1, 0.15) is 6.54 Å². The molecule has 0 radical (unpaired) electrons. The van der Waals surface area contributed by atoms with E-state index in [1.54, 1.807) is 12.0 Å². The number of ether oxygens (including phenoxy) is 2. The third-order valence-electron chi connectivity index (χ3n) is 3.48. The van der Waals surface area contributed by atoms with E-state index in [4.69, 9.17) is 4.74 Å². The second kappa shape index (κ2) is 8.61. The number of hydrogen-bond acceptors (Lipinski definition) is 5. The Hall–Kier alpha value is -1.63. The number of nitrogens with zero attached hydrogens (tertiary/aromatic N) is 2. The number of esters is 1. The first-order valence-electron chi connectivity index (χ1n) is 7.15.